The maximum Gasteiger partial charge on any atom is 0.573 e. The second kappa shape index (κ2) is 6.37. The van der Waals surface area contributed by atoms with Crippen LogP contribution in [0.1, 0.15) is 24.8 Å². The summed E-state index contributed by atoms with van der Waals surface area (Å²) in [4.78, 5) is 2.36. The van der Waals surface area contributed by atoms with Gasteiger partial charge in [-0.3, -0.25) is 4.90 Å². The van der Waals surface area contributed by atoms with Crippen molar-refractivity contribution >= 4 is 15.9 Å². The van der Waals surface area contributed by atoms with Crippen molar-refractivity contribution < 1.29 is 17.9 Å². The molecule has 0 saturated carbocycles. The molecule has 2 unspecified atom stereocenters. The molecule has 3 rings (SSSR count). The van der Waals surface area contributed by atoms with Gasteiger partial charge in [0.2, 0.25) is 0 Å². The van der Waals surface area contributed by atoms with E-state index in [9.17, 15) is 13.2 Å². The van der Waals surface area contributed by atoms with Gasteiger partial charge in [0.05, 0.1) is 4.47 Å². The molecule has 2 atom stereocenters. The predicted molar refractivity (Wildman–Crippen MR) is 80.7 cm³/mol. The van der Waals surface area contributed by atoms with Gasteiger partial charge in [0, 0.05) is 31.7 Å². The van der Waals surface area contributed by atoms with E-state index in [1.165, 1.54) is 18.9 Å². The number of nitrogens with zero attached hydrogens (tertiary/aromatic N) is 1. The number of ether oxygens (including phenoxy) is 1. The molecule has 2 saturated heterocycles. The first-order chi connectivity index (χ1) is 10.4. The van der Waals surface area contributed by atoms with Crippen LogP contribution in [0.5, 0.6) is 5.75 Å². The van der Waals surface area contributed by atoms with Crippen LogP contribution in [0.25, 0.3) is 0 Å². The van der Waals surface area contributed by atoms with Gasteiger partial charge in [-0.25, -0.2) is 0 Å². The lowest BCUT2D eigenvalue weighted by molar-refractivity contribution is -0.274. The van der Waals surface area contributed by atoms with E-state index < -0.39 is 6.36 Å². The second-order valence-corrected chi connectivity index (χ2v) is 6.83. The Hall–Kier alpha value is -0.790. The second-order valence-electron chi connectivity index (χ2n) is 5.97. The highest BCUT2D eigenvalue weighted by Gasteiger charge is 2.32. The molecule has 3 nitrogen and oxygen atoms in total. The number of likely N-dealkylation sites (tertiary alicyclic amines) is 1. The van der Waals surface area contributed by atoms with Crippen molar-refractivity contribution in [2.75, 3.05) is 13.1 Å². The third kappa shape index (κ3) is 4.14. The van der Waals surface area contributed by atoms with Crippen LogP contribution >= 0.6 is 15.9 Å². The Morgan fingerprint density at radius 2 is 2.00 bits per heavy atom. The largest absolute Gasteiger partial charge is 0.573 e. The maximum absolute atomic E-state index is 12.3. The third-order valence-corrected chi connectivity index (χ3v) is 4.86. The molecule has 0 radical (unpaired) electrons. The molecule has 22 heavy (non-hydrogen) atoms. The monoisotopic (exact) mass is 378 g/mol. The zero-order valence-electron chi connectivity index (χ0n) is 12.0. The van der Waals surface area contributed by atoms with Crippen LogP contribution in [-0.4, -0.2) is 36.4 Å². The summed E-state index contributed by atoms with van der Waals surface area (Å²) in [6.45, 7) is 2.76. The molecule has 0 aliphatic carbocycles. The molecule has 2 fully saturated rings. The summed E-state index contributed by atoms with van der Waals surface area (Å²) in [6.07, 6.45) is -1.07. The molecule has 0 spiro atoms. The van der Waals surface area contributed by atoms with E-state index >= 15 is 0 Å². The van der Waals surface area contributed by atoms with Crippen molar-refractivity contribution in [3.8, 4) is 5.75 Å². The number of hydrogen-bond acceptors (Lipinski definition) is 3. The summed E-state index contributed by atoms with van der Waals surface area (Å²) in [5.74, 6) is -0.201. The average molecular weight is 379 g/mol. The molecule has 2 aliphatic heterocycles. The minimum absolute atomic E-state index is 0.201. The molecular weight excluding hydrogens is 361 g/mol. The van der Waals surface area contributed by atoms with Crippen LogP contribution in [0.15, 0.2) is 22.7 Å². The van der Waals surface area contributed by atoms with E-state index in [0.717, 1.165) is 31.6 Å². The Labute approximate surface area is 135 Å². The molecule has 122 valence electrons. The van der Waals surface area contributed by atoms with Crippen LogP contribution in [0.3, 0.4) is 0 Å². The van der Waals surface area contributed by atoms with Crippen LogP contribution in [0.4, 0.5) is 13.2 Å². The number of alkyl halides is 3. The lowest BCUT2D eigenvalue weighted by Crippen LogP contribution is -2.34. The fourth-order valence-electron chi connectivity index (χ4n) is 3.27. The summed E-state index contributed by atoms with van der Waals surface area (Å²) in [5.41, 5.74) is 0.985. The minimum Gasteiger partial charge on any atom is -0.405 e. The first kappa shape index (κ1) is 16.1. The highest BCUT2D eigenvalue weighted by molar-refractivity contribution is 9.10. The van der Waals surface area contributed by atoms with Gasteiger partial charge in [0.25, 0.3) is 0 Å². The van der Waals surface area contributed by atoms with Gasteiger partial charge in [-0.1, -0.05) is 6.07 Å². The highest BCUT2D eigenvalue weighted by atomic mass is 79.9. The molecule has 2 aliphatic rings. The summed E-state index contributed by atoms with van der Waals surface area (Å²) < 4.78 is 41.1. The van der Waals surface area contributed by atoms with Crippen molar-refractivity contribution in [1.82, 2.24) is 10.2 Å². The summed E-state index contributed by atoms with van der Waals surface area (Å²) in [5, 5.41) is 3.62. The molecule has 1 aromatic carbocycles. The van der Waals surface area contributed by atoms with Gasteiger partial charge in [-0.15, -0.1) is 13.2 Å². The van der Waals surface area contributed by atoms with Crippen molar-refractivity contribution in [3.05, 3.63) is 28.2 Å². The fourth-order valence-corrected chi connectivity index (χ4v) is 3.77. The van der Waals surface area contributed by atoms with E-state index in [1.54, 1.807) is 12.1 Å². The van der Waals surface area contributed by atoms with E-state index in [4.69, 9.17) is 0 Å². The average Bonchev–Trinajstić information content (AvgIpc) is 2.75. The Kier molecular flexibility index (Phi) is 4.66. The van der Waals surface area contributed by atoms with Gasteiger partial charge in [-0.05, 0) is 52.9 Å². The van der Waals surface area contributed by atoms with Gasteiger partial charge < -0.3 is 10.1 Å². The molecule has 2 bridgehead atoms. The predicted octanol–water partition coefficient (Wildman–Crippen LogP) is 3.67. The number of halogens is 4. The lowest BCUT2D eigenvalue weighted by atomic mass is 10.1. The third-order valence-electron chi connectivity index (χ3n) is 4.24. The summed E-state index contributed by atoms with van der Waals surface area (Å²) in [6, 6.07) is 5.95. The number of rotatable bonds is 3. The zero-order valence-corrected chi connectivity index (χ0v) is 13.6. The fraction of sp³-hybridized carbons (Fsp3) is 0.600. The van der Waals surface area contributed by atoms with E-state index in [-0.39, 0.29) is 5.75 Å². The molecule has 7 heteroatoms. The maximum atomic E-state index is 12.3. The number of nitrogens with one attached hydrogen (secondary N) is 1. The standard InChI is InChI=1S/C15H18BrF3N2O/c16-13-7-10(1-4-14(13)22-15(17,18)19)8-21-6-5-11-2-3-12(9-21)20-11/h1,4,7,11-12,20H,2-3,5-6,8-9H2. The quantitative estimate of drug-likeness (QED) is 0.868. The Morgan fingerprint density at radius 3 is 2.73 bits per heavy atom. The van der Waals surface area contributed by atoms with Crippen molar-refractivity contribution in [2.24, 2.45) is 0 Å². The van der Waals surface area contributed by atoms with Crippen molar-refractivity contribution in [2.45, 2.75) is 44.3 Å². The molecular formula is C15H18BrF3N2O. The number of hydrogen-bond donors (Lipinski definition) is 1. The van der Waals surface area contributed by atoms with Gasteiger partial charge in [0.1, 0.15) is 5.75 Å². The topological polar surface area (TPSA) is 24.5 Å². The van der Waals surface area contributed by atoms with Crippen molar-refractivity contribution in [3.63, 3.8) is 0 Å². The van der Waals surface area contributed by atoms with E-state index in [0.29, 0.717) is 16.6 Å². The number of fused-ring (bicyclic) bond motifs is 2. The molecule has 0 aromatic heterocycles. The van der Waals surface area contributed by atoms with Crippen molar-refractivity contribution in [1.29, 1.82) is 0 Å². The smallest absolute Gasteiger partial charge is 0.405 e. The first-order valence-electron chi connectivity index (χ1n) is 7.41. The van der Waals surface area contributed by atoms with E-state index in [2.05, 4.69) is 30.9 Å². The zero-order chi connectivity index (χ0) is 15.7. The Balaban J connectivity index is 1.64. The highest BCUT2D eigenvalue weighted by Crippen LogP contribution is 2.31. The molecule has 1 N–H and O–H groups in total. The molecule has 0 amide bonds. The Bertz CT molecular complexity index is 538. The van der Waals surface area contributed by atoms with E-state index in [1.807, 2.05) is 0 Å². The SMILES string of the molecule is FC(F)(F)Oc1ccc(CN2CCC3CCC(C2)N3)cc1Br. The summed E-state index contributed by atoms with van der Waals surface area (Å²) >= 11 is 3.16. The van der Waals surface area contributed by atoms with Gasteiger partial charge >= 0.3 is 6.36 Å². The van der Waals surface area contributed by atoms with Gasteiger partial charge in [-0.2, -0.15) is 0 Å². The van der Waals surface area contributed by atoms with Crippen LogP contribution in [-0.2, 0) is 6.54 Å². The Morgan fingerprint density at radius 1 is 1.23 bits per heavy atom. The summed E-state index contributed by atoms with van der Waals surface area (Å²) in [7, 11) is 0. The van der Waals surface area contributed by atoms with Crippen LogP contribution in [0.2, 0.25) is 0 Å². The molecule has 2 heterocycles. The minimum atomic E-state index is -4.67. The molecule has 1 aromatic rings. The lowest BCUT2D eigenvalue weighted by Gasteiger charge is -2.24. The first-order valence-corrected chi connectivity index (χ1v) is 8.21. The normalized spacial score (nSPS) is 26.0. The van der Waals surface area contributed by atoms with Gasteiger partial charge in [0.15, 0.2) is 0 Å². The van der Waals surface area contributed by atoms with Crippen LogP contribution < -0.4 is 10.1 Å². The van der Waals surface area contributed by atoms with Crippen LogP contribution in [0, 0.1) is 0 Å². The number of benzene rings is 1.